The molecule has 0 spiro atoms. The van der Waals surface area contributed by atoms with Crippen LogP contribution in [0.15, 0.2) is 71.9 Å². The Balaban J connectivity index is 1.32. The van der Waals surface area contributed by atoms with Crippen LogP contribution in [-0.2, 0) is 13.1 Å². The summed E-state index contributed by atoms with van der Waals surface area (Å²) in [6, 6.07) is 13.8. The highest BCUT2D eigenvalue weighted by molar-refractivity contribution is 5.74. The summed E-state index contributed by atoms with van der Waals surface area (Å²) in [5.41, 5.74) is 3.55. The Kier molecular flexibility index (Phi) is 3.71. The molecule has 8 heteroatoms. The monoisotopic (exact) mass is 357 g/mol. The Morgan fingerprint density at radius 3 is 2.89 bits per heavy atom. The van der Waals surface area contributed by atoms with Crippen molar-refractivity contribution >= 4 is 11.0 Å². The summed E-state index contributed by atoms with van der Waals surface area (Å²) in [7, 11) is 0. The van der Waals surface area contributed by atoms with Gasteiger partial charge in [-0.15, -0.1) is 5.10 Å². The van der Waals surface area contributed by atoms with Crippen LogP contribution in [0.1, 0.15) is 11.5 Å². The first-order chi connectivity index (χ1) is 13.3. The van der Waals surface area contributed by atoms with Crippen LogP contribution in [0.4, 0.5) is 0 Å². The second-order valence-electron chi connectivity index (χ2n) is 6.20. The van der Waals surface area contributed by atoms with E-state index in [4.69, 9.17) is 4.52 Å². The van der Waals surface area contributed by atoms with Crippen molar-refractivity contribution in [1.29, 1.82) is 0 Å². The first kappa shape index (κ1) is 15.4. The largest absolute Gasteiger partial charge is 0.359 e. The van der Waals surface area contributed by atoms with Crippen LogP contribution >= 0.6 is 0 Å². The van der Waals surface area contributed by atoms with Crippen LogP contribution < -0.4 is 0 Å². The molecule has 0 aliphatic rings. The molecule has 0 N–H and O–H groups in total. The van der Waals surface area contributed by atoms with Gasteiger partial charge in [-0.05, 0) is 6.07 Å². The summed E-state index contributed by atoms with van der Waals surface area (Å²) < 4.78 is 9.20. The van der Waals surface area contributed by atoms with E-state index in [-0.39, 0.29) is 0 Å². The van der Waals surface area contributed by atoms with E-state index in [0.29, 0.717) is 13.1 Å². The summed E-state index contributed by atoms with van der Waals surface area (Å²) >= 11 is 0. The van der Waals surface area contributed by atoms with Gasteiger partial charge in [0, 0.05) is 29.4 Å². The maximum atomic E-state index is 5.44. The van der Waals surface area contributed by atoms with Crippen molar-refractivity contribution in [2.45, 2.75) is 13.1 Å². The molecule has 0 atom stereocenters. The molecule has 0 radical (unpaired) electrons. The molecule has 0 saturated heterocycles. The van der Waals surface area contributed by atoms with E-state index < -0.39 is 0 Å². The van der Waals surface area contributed by atoms with Gasteiger partial charge in [0.15, 0.2) is 5.76 Å². The zero-order valence-corrected chi connectivity index (χ0v) is 14.3. The van der Waals surface area contributed by atoms with Crippen LogP contribution in [0.5, 0.6) is 0 Å². The van der Waals surface area contributed by atoms with Gasteiger partial charge >= 0.3 is 0 Å². The summed E-state index contributed by atoms with van der Waals surface area (Å²) in [6.45, 7) is 1.06. The molecule has 0 fully saturated rings. The predicted molar refractivity (Wildman–Crippen MR) is 97.7 cm³/mol. The Bertz CT molecular complexity index is 1190. The molecule has 27 heavy (non-hydrogen) atoms. The molecule has 5 aromatic rings. The Morgan fingerprint density at radius 1 is 1.04 bits per heavy atom. The lowest BCUT2D eigenvalue weighted by molar-refractivity contribution is 0.372. The van der Waals surface area contributed by atoms with Gasteiger partial charge in [0.1, 0.15) is 29.9 Å². The van der Waals surface area contributed by atoms with Crippen molar-refractivity contribution in [2.75, 3.05) is 0 Å². The molecule has 4 heterocycles. The maximum absolute atomic E-state index is 5.44. The zero-order valence-electron chi connectivity index (χ0n) is 14.3. The Labute approximate surface area is 154 Å². The lowest BCUT2D eigenvalue weighted by Crippen LogP contribution is -2.00. The summed E-state index contributed by atoms with van der Waals surface area (Å²) in [5, 5.41) is 13.6. The summed E-state index contributed by atoms with van der Waals surface area (Å²) in [6.07, 6.45) is 7.21. The van der Waals surface area contributed by atoms with Crippen molar-refractivity contribution in [2.24, 2.45) is 0 Å². The SMILES string of the molecule is c1ccc(-c2cc(Cn3cc(Cn4ccc5cncnc54)nn3)on2)cc1. The van der Waals surface area contributed by atoms with E-state index >= 15 is 0 Å². The second-order valence-corrected chi connectivity index (χ2v) is 6.20. The molecule has 0 saturated carbocycles. The molecule has 1 aromatic carbocycles. The van der Waals surface area contributed by atoms with Crippen LogP contribution in [0.2, 0.25) is 0 Å². The smallest absolute Gasteiger partial charge is 0.158 e. The molecule has 0 aliphatic heterocycles. The Hall–Kier alpha value is -3.81. The van der Waals surface area contributed by atoms with E-state index in [1.54, 1.807) is 17.2 Å². The van der Waals surface area contributed by atoms with Gasteiger partial charge in [0.2, 0.25) is 0 Å². The Morgan fingerprint density at radius 2 is 1.96 bits per heavy atom. The normalized spacial score (nSPS) is 11.3. The molecule has 132 valence electrons. The molecule has 0 aliphatic carbocycles. The molecule has 0 bridgehead atoms. The van der Waals surface area contributed by atoms with Crippen molar-refractivity contribution in [1.82, 2.24) is 34.7 Å². The number of rotatable bonds is 5. The second kappa shape index (κ2) is 6.49. The third-order valence-corrected chi connectivity index (χ3v) is 4.29. The third kappa shape index (κ3) is 3.08. The summed E-state index contributed by atoms with van der Waals surface area (Å²) in [4.78, 5) is 8.35. The average molecular weight is 357 g/mol. The highest BCUT2D eigenvalue weighted by atomic mass is 16.5. The van der Waals surface area contributed by atoms with Gasteiger partial charge in [-0.2, -0.15) is 0 Å². The molecular weight excluding hydrogens is 342 g/mol. The fourth-order valence-electron chi connectivity index (χ4n) is 3.01. The van der Waals surface area contributed by atoms with Crippen molar-refractivity contribution in [3.63, 3.8) is 0 Å². The lowest BCUT2D eigenvalue weighted by Gasteiger charge is -2.00. The number of nitrogens with zero attached hydrogens (tertiary/aromatic N) is 7. The highest BCUT2D eigenvalue weighted by Crippen LogP contribution is 2.19. The van der Waals surface area contributed by atoms with Gasteiger partial charge < -0.3 is 9.09 Å². The molecule has 5 rings (SSSR count). The van der Waals surface area contributed by atoms with Gasteiger partial charge in [-0.3, -0.25) is 0 Å². The zero-order chi connectivity index (χ0) is 18.1. The number of fused-ring (bicyclic) bond motifs is 1. The quantitative estimate of drug-likeness (QED) is 0.481. The fraction of sp³-hybridized carbons (Fsp3) is 0.105. The minimum Gasteiger partial charge on any atom is -0.359 e. The predicted octanol–water partition coefficient (Wildman–Crippen LogP) is 2.77. The van der Waals surface area contributed by atoms with E-state index in [1.165, 1.54) is 0 Å². The first-order valence-corrected chi connectivity index (χ1v) is 8.50. The van der Waals surface area contributed by atoms with E-state index in [0.717, 1.165) is 33.7 Å². The topological polar surface area (TPSA) is 87.5 Å². The molecule has 4 aromatic heterocycles. The van der Waals surface area contributed by atoms with Gasteiger partial charge in [0.25, 0.3) is 0 Å². The lowest BCUT2D eigenvalue weighted by atomic mass is 10.1. The van der Waals surface area contributed by atoms with E-state index in [2.05, 4.69) is 25.4 Å². The third-order valence-electron chi connectivity index (χ3n) is 4.29. The van der Waals surface area contributed by atoms with Crippen molar-refractivity contribution < 1.29 is 4.52 Å². The maximum Gasteiger partial charge on any atom is 0.158 e. The van der Waals surface area contributed by atoms with E-state index in [1.807, 2.05) is 59.4 Å². The number of benzene rings is 1. The minimum absolute atomic E-state index is 0.474. The van der Waals surface area contributed by atoms with Crippen LogP contribution in [0.3, 0.4) is 0 Å². The standard InChI is InChI=1S/C19H15N7O/c1-2-4-14(5-3-1)18-8-17(27-23-18)12-26-11-16(22-24-26)10-25-7-6-15-9-20-13-21-19(15)25/h1-9,11,13H,10,12H2. The van der Waals surface area contributed by atoms with Gasteiger partial charge in [0.05, 0.1) is 12.7 Å². The van der Waals surface area contributed by atoms with Crippen molar-refractivity contribution in [3.8, 4) is 11.3 Å². The molecular formula is C19H15N7O. The molecule has 0 amide bonds. The minimum atomic E-state index is 0.474. The molecule has 8 nitrogen and oxygen atoms in total. The number of hydrogen-bond donors (Lipinski definition) is 0. The average Bonchev–Trinajstić information content (AvgIpc) is 3.44. The van der Waals surface area contributed by atoms with Crippen LogP contribution in [0.25, 0.3) is 22.3 Å². The first-order valence-electron chi connectivity index (χ1n) is 8.50. The number of hydrogen-bond acceptors (Lipinski definition) is 6. The molecule has 0 unspecified atom stereocenters. The van der Waals surface area contributed by atoms with Crippen molar-refractivity contribution in [3.05, 3.63) is 78.8 Å². The van der Waals surface area contributed by atoms with Crippen LogP contribution in [-0.4, -0.2) is 34.7 Å². The fourth-order valence-corrected chi connectivity index (χ4v) is 3.01. The highest BCUT2D eigenvalue weighted by Gasteiger charge is 2.10. The van der Waals surface area contributed by atoms with E-state index in [9.17, 15) is 0 Å². The van der Waals surface area contributed by atoms with Gasteiger partial charge in [-0.25, -0.2) is 14.6 Å². The number of aromatic nitrogens is 7. The van der Waals surface area contributed by atoms with Gasteiger partial charge in [-0.1, -0.05) is 40.7 Å². The summed E-state index contributed by atoms with van der Waals surface area (Å²) in [5.74, 6) is 0.726. The van der Waals surface area contributed by atoms with Crippen LogP contribution in [0, 0.1) is 0 Å².